The quantitative estimate of drug-likeness (QED) is 0.853. The summed E-state index contributed by atoms with van der Waals surface area (Å²) >= 11 is 0. The van der Waals surface area contributed by atoms with Crippen molar-refractivity contribution in [1.82, 2.24) is 4.90 Å². The average Bonchev–Trinajstić information content (AvgIpc) is 2.32. The lowest BCUT2D eigenvalue weighted by Crippen LogP contribution is -2.46. The minimum absolute atomic E-state index is 0.0891. The number of aryl methyl sites for hydroxylation is 2. The van der Waals surface area contributed by atoms with Crippen molar-refractivity contribution in [1.29, 1.82) is 0 Å². The van der Waals surface area contributed by atoms with Gasteiger partial charge in [0.1, 0.15) is 0 Å². The minimum atomic E-state index is -0.918. The van der Waals surface area contributed by atoms with Gasteiger partial charge in [-0.15, -0.1) is 0 Å². The summed E-state index contributed by atoms with van der Waals surface area (Å²) in [5, 5.41) is 19.1. The van der Waals surface area contributed by atoms with Crippen LogP contribution in [-0.4, -0.2) is 40.8 Å². The van der Waals surface area contributed by atoms with E-state index in [1.165, 1.54) is 16.7 Å². The molecule has 1 aromatic rings. The Labute approximate surface area is 113 Å². The highest BCUT2D eigenvalue weighted by atomic mass is 16.4. The van der Waals surface area contributed by atoms with Gasteiger partial charge < -0.3 is 10.2 Å². The van der Waals surface area contributed by atoms with Crippen molar-refractivity contribution in [2.75, 3.05) is 13.6 Å². The highest BCUT2D eigenvalue weighted by Crippen LogP contribution is 2.34. The van der Waals surface area contributed by atoms with Crippen LogP contribution in [0.4, 0.5) is 0 Å². The van der Waals surface area contributed by atoms with E-state index in [0.29, 0.717) is 13.0 Å². The lowest BCUT2D eigenvalue weighted by atomic mass is 9.85. The molecule has 1 aliphatic heterocycles. The number of likely N-dealkylation sites (tertiary alicyclic amines) is 1. The number of benzene rings is 1. The fourth-order valence-corrected chi connectivity index (χ4v) is 2.94. The highest BCUT2D eigenvalue weighted by Gasteiger charge is 2.37. The van der Waals surface area contributed by atoms with Crippen molar-refractivity contribution in [3.05, 3.63) is 34.9 Å². The monoisotopic (exact) mass is 263 g/mol. The lowest BCUT2D eigenvalue weighted by molar-refractivity contribution is -0.150. The van der Waals surface area contributed by atoms with Gasteiger partial charge in [-0.05, 0) is 38.4 Å². The molecule has 0 bridgehead atoms. The first-order valence-corrected chi connectivity index (χ1v) is 6.58. The summed E-state index contributed by atoms with van der Waals surface area (Å²) in [5.41, 5.74) is 3.58. The zero-order valence-corrected chi connectivity index (χ0v) is 11.6. The lowest BCUT2D eigenvalue weighted by Gasteiger charge is -2.39. The predicted octanol–water partition coefficient (Wildman–Crippen LogP) is 1.74. The smallest absolute Gasteiger partial charge is 0.310 e. The fourth-order valence-electron chi connectivity index (χ4n) is 2.94. The number of rotatable bonds is 2. The second kappa shape index (κ2) is 5.31. The van der Waals surface area contributed by atoms with E-state index in [-0.39, 0.29) is 6.04 Å². The van der Waals surface area contributed by atoms with Crippen LogP contribution < -0.4 is 0 Å². The van der Waals surface area contributed by atoms with Gasteiger partial charge in [-0.3, -0.25) is 9.69 Å². The van der Waals surface area contributed by atoms with Crippen LogP contribution in [0.1, 0.15) is 29.2 Å². The Morgan fingerprint density at radius 3 is 2.63 bits per heavy atom. The van der Waals surface area contributed by atoms with Crippen LogP contribution in [0, 0.1) is 19.8 Å². The van der Waals surface area contributed by atoms with E-state index in [9.17, 15) is 9.90 Å². The third-order valence-electron chi connectivity index (χ3n) is 4.05. The van der Waals surface area contributed by atoms with Crippen LogP contribution in [0.3, 0.4) is 0 Å². The average molecular weight is 263 g/mol. The molecule has 4 nitrogen and oxygen atoms in total. The molecule has 3 atom stereocenters. The number of piperidine rings is 1. The molecule has 2 rings (SSSR count). The molecule has 1 aromatic carbocycles. The maximum Gasteiger partial charge on any atom is 0.310 e. The molecule has 0 radical (unpaired) electrons. The molecule has 0 aromatic heterocycles. The van der Waals surface area contributed by atoms with E-state index in [4.69, 9.17) is 5.11 Å². The van der Waals surface area contributed by atoms with Gasteiger partial charge >= 0.3 is 5.97 Å². The van der Waals surface area contributed by atoms with Gasteiger partial charge in [0.2, 0.25) is 0 Å². The third-order valence-corrected chi connectivity index (χ3v) is 4.05. The molecule has 4 heteroatoms. The first-order chi connectivity index (χ1) is 8.90. The minimum Gasteiger partial charge on any atom is -0.481 e. The molecule has 1 fully saturated rings. The van der Waals surface area contributed by atoms with E-state index < -0.39 is 18.0 Å². The predicted molar refractivity (Wildman–Crippen MR) is 73.0 cm³/mol. The number of hydrogen-bond donors (Lipinski definition) is 2. The summed E-state index contributed by atoms with van der Waals surface area (Å²) in [6.45, 7) is 4.50. The summed E-state index contributed by atoms with van der Waals surface area (Å²) in [6, 6.07) is 6.36. The Morgan fingerprint density at radius 2 is 2.05 bits per heavy atom. The van der Waals surface area contributed by atoms with Crippen molar-refractivity contribution >= 4 is 5.97 Å². The van der Waals surface area contributed by atoms with E-state index in [1.54, 1.807) is 0 Å². The van der Waals surface area contributed by atoms with Crippen LogP contribution in [0.2, 0.25) is 0 Å². The third kappa shape index (κ3) is 2.80. The van der Waals surface area contributed by atoms with Crippen LogP contribution in [0.15, 0.2) is 18.2 Å². The number of carbonyl (C=O) groups is 1. The van der Waals surface area contributed by atoms with E-state index in [0.717, 1.165) is 0 Å². The Morgan fingerprint density at radius 1 is 1.37 bits per heavy atom. The van der Waals surface area contributed by atoms with Crippen LogP contribution in [0.5, 0.6) is 0 Å². The first kappa shape index (κ1) is 14.0. The molecule has 3 unspecified atom stereocenters. The van der Waals surface area contributed by atoms with E-state index >= 15 is 0 Å². The fraction of sp³-hybridized carbons (Fsp3) is 0.533. The molecule has 0 spiro atoms. The first-order valence-electron chi connectivity index (χ1n) is 6.58. The number of aliphatic hydroxyl groups excluding tert-OH is 1. The van der Waals surface area contributed by atoms with E-state index in [1.807, 2.05) is 11.9 Å². The van der Waals surface area contributed by atoms with Crippen molar-refractivity contribution in [3.8, 4) is 0 Å². The summed E-state index contributed by atoms with van der Waals surface area (Å²) < 4.78 is 0. The standard InChI is InChI=1S/C15H21NO3/c1-9-4-5-11(10(2)6-9)13-7-14(17)12(15(18)19)8-16(13)3/h4-6,12-14,17H,7-8H2,1-3H3,(H,18,19). The number of aliphatic carboxylic acids is 1. The number of nitrogens with zero attached hydrogens (tertiary/aromatic N) is 1. The van der Waals surface area contributed by atoms with Gasteiger partial charge in [0.15, 0.2) is 0 Å². The maximum atomic E-state index is 11.1. The highest BCUT2D eigenvalue weighted by molar-refractivity contribution is 5.71. The van der Waals surface area contributed by atoms with Crippen molar-refractivity contribution in [2.45, 2.75) is 32.4 Å². The molecule has 1 heterocycles. The molecule has 2 N–H and O–H groups in total. The zero-order chi connectivity index (χ0) is 14.2. The molecular formula is C15H21NO3. The van der Waals surface area contributed by atoms with Crippen LogP contribution >= 0.6 is 0 Å². The summed E-state index contributed by atoms with van der Waals surface area (Å²) in [7, 11) is 1.92. The summed E-state index contributed by atoms with van der Waals surface area (Å²) in [4.78, 5) is 13.1. The van der Waals surface area contributed by atoms with Gasteiger partial charge in [0, 0.05) is 12.6 Å². The van der Waals surface area contributed by atoms with Crippen LogP contribution in [0.25, 0.3) is 0 Å². The number of carboxylic acids is 1. The second-order valence-electron chi connectivity index (χ2n) is 5.56. The summed E-state index contributed by atoms with van der Waals surface area (Å²) in [5.74, 6) is -1.61. The van der Waals surface area contributed by atoms with Crippen molar-refractivity contribution in [3.63, 3.8) is 0 Å². The Hall–Kier alpha value is -1.39. The van der Waals surface area contributed by atoms with Crippen molar-refractivity contribution < 1.29 is 15.0 Å². The van der Waals surface area contributed by atoms with Crippen molar-refractivity contribution in [2.24, 2.45) is 5.92 Å². The topological polar surface area (TPSA) is 60.8 Å². The molecule has 0 aliphatic carbocycles. The Kier molecular flexibility index (Phi) is 3.92. The maximum absolute atomic E-state index is 11.1. The molecule has 1 aliphatic rings. The molecule has 1 saturated heterocycles. The Balaban J connectivity index is 2.24. The number of aliphatic hydroxyl groups is 1. The zero-order valence-electron chi connectivity index (χ0n) is 11.6. The Bertz CT molecular complexity index is 486. The van der Waals surface area contributed by atoms with Gasteiger partial charge in [-0.25, -0.2) is 0 Å². The SMILES string of the molecule is Cc1ccc(C2CC(O)C(C(=O)O)CN2C)c(C)c1. The number of carboxylic acid groups (broad SMARTS) is 1. The molecule has 0 saturated carbocycles. The normalized spacial score (nSPS) is 28.3. The van der Waals surface area contributed by atoms with Gasteiger partial charge in [0.05, 0.1) is 12.0 Å². The van der Waals surface area contributed by atoms with E-state index in [2.05, 4.69) is 32.0 Å². The van der Waals surface area contributed by atoms with Crippen LogP contribution in [-0.2, 0) is 4.79 Å². The summed E-state index contributed by atoms with van der Waals surface area (Å²) in [6.07, 6.45) is -0.309. The van der Waals surface area contributed by atoms with Gasteiger partial charge in [-0.2, -0.15) is 0 Å². The molecule has 0 amide bonds. The molecule has 104 valence electrons. The largest absolute Gasteiger partial charge is 0.481 e. The molecular weight excluding hydrogens is 242 g/mol. The second-order valence-corrected chi connectivity index (χ2v) is 5.56. The number of hydrogen-bond acceptors (Lipinski definition) is 3. The van der Waals surface area contributed by atoms with Gasteiger partial charge in [0.25, 0.3) is 0 Å². The molecule has 19 heavy (non-hydrogen) atoms. The van der Waals surface area contributed by atoms with Gasteiger partial charge in [-0.1, -0.05) is 23.8 Å².